The van der Waals surface area contributed by atoms with Gasteiger partial charge in [0.15, 0.2) is 0 Å². The first-order valence-corrected chi connectivity index (χ1v) is 6.45. The number of nitrogens with zero attached hydrogens (tertiary/aromatic N) is 1. The molecule has 1 fully saturated rings. The van der Waals surface area contributed by atoms with Gasteiger partial charge >= 0.3 is 0 Å². The van der Waals surface area contributed by atoms with Gasteiger partial charge in [-0.15, -0.1) is 11.3 Å². The van der Waals surface area contributed by atoms with Gasteiger partial charge in [-0.2, -0.15) is 0 Å². The Balaban J connectivity index is 2.02. The smallest absolute Gasteiger partial charge is 0.275 e. The number of hydrogen-bond donors (Lipinski definition) is 2. The van der Waals surface area contributed by atoms with Crippen LogP contribution in [0.25, 0.3) is 0 Å². The Bertz CT molecular complexity index is 388. The number of carbonyl (C=O) groups excluding carboxylic acids is 1. The number of carbonyl (C=O) groups is 1. The molecule has 1 aliphatic rings. The molecule has 1 aromatic heterocycles. The molecule has 5 nitrogen and oxygen atoms in total. The molecule has 1 aliphatic heterocycles. The van der Waals surface area contributed by atoms with Crippen molar-refractivity contribution in [2.75, 3.05) is 20.3 Å². The van der Waals surface area contributed by atoms with Crippen LogP contribution < -0.4 is 11.3 Å². The Morgan fingerprint density at radius 2 is 2.59 bits per heavy atom. The second-order valence-corrected chi connectivity index (χ2v) is 5.10. The molecule has 94 valence electrons. The van der Waals surface area contributed by atoms with E-state index in [1.54, 1.807) is 0 Å². The van der Waals surface area contributed by atoms with Gasteiger partial charge in [0.05, 0.1) is 11.5 Å². The third-order valence-corrected chi connectivity index (χ3v) is 3.99. The average molecular weight is 255 g/mol. The SMILES string of the molecule is CN(Cc1ccsc1C(=O)NN)C1CCOC1. The molecule has 0 aliphatic carbocycles. The van der Waals surface area contributed by atoms with Gasteiger partial charge in [-0.3, -0.25) is 15.1 Å². The van der Waals surface area contributed by atoms with Crippen molar-refractivity contribution in [2.45, 2.75) is 19.0 Å². The quantitative estimate of drug-likeness (QED) is 0.469. The molecular weight excluding hydrogens is 238 g/mol. The fourth-order valence-corrected chi connectivity index (χ4v) is 2.81. The van der Waals surface area contributed by atoms with Gasteiger partial charge in [0.25, 0.3) is 5.91 Å². The van der Waals surface area contributed by atoms with Gasteiger partial charge in [-0.25, -0.2) is 5.84 Å². The van der Waals surface area contributed by atoms with Gasteiger partial charge in [0.2, 0.25) is 0 Å². The highest BCUT2D eigenvalue weighted by Gasteiger charge is 2.22. The summed E-state index contributed by atoms with van der Waals surface area (Å²) in [6.07, 6.45) is 1.05. The second kappa shape index (κ2) is 5.59. The van der Waals surface area contributed by atoms with Crippen LogP contribution in [0.1, 0.15) is 21.7 Å². The molecule has 17 heavy (non-hydrogen) atoms. The topological polar surface area (TPSA) is 67.6 Å². The van der Waals surface area contributed by atoms with Gasteiger partial charge in [-0.1, -0.05) is 0 Å². The van der Waals surface area contributed by atoms with Gasteiger partial charge in [-0.05, 0) is 30.5 Å². The lowest BCUT2D eigenvalue weighted by Crippen LogP contribution is -2.33. The van der Waals surface area contributed by atoms with E-state index in [4.69, 9.17) is 10.6 Å². The Morgan fingerprint density at radius 1 is 1.76 bits per heavy atom. The molecule has 3 N–H and O–H groups in total. The van der Waals surface area contributed by atoms with Crippen molar-refractivity contribution in [2.24, 2.45) is 5.84 Å². The lowest BCUT2D eigenvalue weighted by Gasteiger charge is -2.22. The van der Waals surface area contributed by atoms with Crippen molar-refractivity contribution in [3.05, 3.63) is 21.9 Å². The van der Waals surface area contributed by atoms with Gasteiger partial charge in [0.1, 0.15) is 0 Å². The molecule has 2 rings (SSSR count). The third kappa shape index (κ3) is 2.84. The number of likely N-dealkylation sites (N-methyl/N-ethyl adjacent to an activating group) is 1. The van der Waals surface area contributed by atoms with Crippen molar-refractivity contribution in [3.8, 4) is 0 Å². The van der Waals surface area contributed by atoms with Crippen LogP contribution in [0.15, 0.2) is 11.4 Å². The number of hydrogen-bond acceptors (Lipinski definition) is 5. The summed E-state index contributed by atoms with van der Waals surface area (Å²) >= 11 is 1.42. The molecule has 1 aromatic rings. The molecule has 0 saturated carbocycles. The van der Waals surface area contributed by atoms with E-state index in [0.29, 0.717) is 10.9 Å². The predicted molar refractivity (Wildman–Crippen MR) is 66.7 cm³/mol. The minimum absolute atomic E-state index is 0.217. The van der Waals surface area contributed by atoms with Crippen LogP contribution >= 0.6 is 11.3 Å². The van der Waals surface area contributed by atoms with E-state index in [-0.39, 0.29) is 5.91 Å². The molecule has 0 spiro atoms. The highest BCUT2D eigenvalue weighted by Crippen LogP contribution is 2.20. The molecule has 0 aromatic carbocycles. The lowest BCUT2D eigenvalue weighted by atomic mass is 10.2. The summed E-state index contributed by atoms with van der Waals surface area (Å²) in [5.74, 6) is 4.94. The highest BCUT2D eigenvalue weighted by molar-refractivity contribution is 7.12. The normalized spacial score (nSPS) is 19.8. The van der Waals surface area contributed by atoms with Crippen LogP contribution in [0.4, 0.5) is 0 Å². The fraction of sp³-hybridized carbons (Fsp3) is 0.545. The van der Waals surface area contributed by atoms with E-state index >= 15 is 0 Å². The Hall–Kier alpha value is -0.950. The number of rotatable bonds is 4. The maximum absolute atomic E-state index is 11.5. The molecule has 0 bridgehead atoms. The Kier molecular flexibility index (Phi) is 4.11. The summed E-state index contributed by atoms with van der Waals surface area (Å²) in [4.78, 5) is 14.4. The summed E-state index contributed by atoms with van der Waals surface area (Å²) in [5.41, 5.74) is 3.20. The largest absolute Gasteiger partial charge is 0.380 e. The molecule has 2 heterocycles. The van der Waals surface area contributed by atoms with E-state index in [9.17, 15) is 4.79 Å². The molecule has 1 amide bonds. The monoisotopic (exact) mass is 255 g/mol. The van der Waals surface area contributed by atoms with E-state index in [0.717, 1.165) is 31.7 Å². The second-order valence-electron chi connectivity index (χ2n) is 4.18. The number of nitrogen functional groups attached to an aromatic ring is 1. The number of thiophene rings is 1. The first kappa shape index (κ1) is 12.5. The van der Waals surface area contributed by atoms with Crippen molar-refractivity contribution >= 4 is 17.2 Å². The summed E-state index contributed by atoms with van der Waals surface area (Å²) in [7, 11) is 2.06. The maximum Gasteiger partial charge on any atom is 0.275 e. The van der Waals surface area contributed by atoms with Crippen LogP contribution in [0.2, 0.25) is 0 Å². The summed E-state index contributed by atoms with van der Waals surface area (Å²) in [5, 5.41) is 1.92. The van der Waals surface area contributed by atoms with Crippen molar-refractivity contribution in [1.82, 2.24) is 10.3 Å². The maximum atomic E-state index is 11.5. The van der Waals surface area contributed by atoms with Crippen molar-refractivity contribution in [3.63, 3.8) is 0 Å². The van der Waals surface area contributed by atoms with Gasteiger partial charge in [0, 0.05) is 19.2 Å². The number of nitrogens with one attached hydrogen (secondary N) is 1. The number of amides is 1. The van der Waals surface area contributed by atoms with Crippen LogP contribution in [-0.2, 0) is 11.3 Å². The molecule has 1 unspecified atom stereocenters. The van der Waals surface area contributed by atoms with Crippen LogP contribution in [0, 0.1) is 0 Å². The number of ether oxygens (including phenoxy) is 1. The molecule has 1 atom stereocenters. The third-order valence-electron chi connectivity index (χ3n) is 3.03. The van der Waals surface area contributed by atoms with Crippen molar-refractivity contribution in [1.29, 1.82) is 0 Å². The van der Waals surface area contributed by atoms with Crippen LogP contribution in [0.3, 0.4) is 0 Å². The summed E-state index contributed by atoms with van der Waals surface area (Å²) in [6, 6.07) is 2.42. The number of nitrogens with two attached hydrogens (primary N) is 1. The van der Waals surface area contributed by atoms with Crippen molar-refractivity contribution < 1.29 is 9.53 Å². The van der Waals surface area contributed by atoms with Gasteiger partial charge < -0.3 is 4.74 Å². The lowest BCUT2D eigenvalue weighted by molar-refractivity contribution is 0.0955. The zero-order valence-electron chi connectivity index (χ0n) is 9.81. The molecular formula is C11H17N3O2S. The zero-order chi connectivity index (χ0) is 12.3. The Morgan fingerprint density at radius 3 is 3.24 bits per heavy atom. The molecule has 0 radical (unpaired) electrons. The highest BCUT2D eigenvalue weighted by atomic mass is 32.1. The fourth-order valence-electron chi connectivity index (χ4n) is 1.99. The van der Waals surface area contributed by atoms with E-state index in [1.165, 1.54) is 11.3 Å². The molecule has 6 heteroatoms. The van der Waals surface area contributed by atoms with E-state index in [1.807, 2.05) is 11.4 Å². The minimum Gasteiger partial charge on any atom is -0.380 e. The first-order chi connectivity index (χ1) is 8.22. The number of hydrazine groups is 1. The predicted octanol–water partition coefficient (Wildman–Crippen LogP) is 0.572. The van der Waals surface area contributed by atoms with E-state index in [2.05, 4.69) is 17.4 Å². The molecule has 1 saturated heterocycles. The Labute approximate surface area is 105 Å². The van der Waals surface area contributed by atoms with E-state index < -0.39 is 0 Å². The zero-order valence-corrected chi connectivity index (χ0v) is 10.6. The van der Waals surface area contributed by atoms with Crippen LogP contribution in [-0.4, -0.2) is 37.1 Å². The summed E-state index contributed by atoms with van der Waals surface area (Å²) < 4.78 is 5.36. The van der Waals surface area contributed by atoms with Crippen LogP contribution in [0.5, 0.6) is 0 Å². The summed E-state index contributed by atoms with van der Waals surface area (Å²) in [6.45, 7) is 2.36. The average Bonchev–Trinajstić information content (AvgIpc) is 2.98. The standard InChI is InChI=1S/C11H17N3O2S/c1-14(9-2-4-16-7-9)6-8-3-5-17-10(8)11(15)13-12/h3,5,9H,2,4,6-7,12H2,1H3,(H,13,15). The minimum atomic E-state index is -0.217. The first-order valence-electron chi connectivity index (χ1n) is 5.57.